The molecule has 0 bridgehead atoms. The van der Waals surface area contributed by atoms with Crippen molar-refractivity contribution < 1.29 is 4.42 Å². The lowest BCUT2D eigenvalue weighted by atomic mass is 10.0. The molecule has 0 aromatic carbocycles. The standard InChI is InChI=1S/C12H17BrN2O/c1-2-9(13)11-14-15-12(16-11)10-7-5-3-4-6-8(7)10/h7-10H,2-6H2,1H3. The van der Waals surface area contributed by atoms with Gasteiger partial charge in [0.1, 0.15) is 0 Å². The van der Waals surface area contributed by atoms with Crippen molar-refractivity contribution >= 4 is 15.9 Å². The van der Waals surface area contributed by atoms with E-state index in [0.29, 0.717) is 5.92 Å². The lowest BCUT2D eigenvalue weighted by molar-refractivity contribution is 0.438. The summed E-state index contributed by atoms with van der Waals surface area (Å²) >= 11 is 3.55. The molecule has 16 heavy (non-hydrogen) atoms. The van der Waals surface area contributed by atoms with Gasteiger partial charge in [0.15, 0.2) is 0 Å². The number of nitrogens with zero attached hydrogens (tertiary/aromatic N) is 2. The Bertz CT molecular complexity index is 367. The first-order valence-corrected chi connectivity index (χ1v) is 7.20. The van der Waals surface area contributed by atoms with Gasteiger partial charge in [0.25, 0.3) is 0 Å². The molecule has 3 nitrogen and oxygen atoms in total. The number of alkyl halides is 1. The van der Waals surface area contributed by atoms with E-state index in [0.717, 1.165) is 30.0 Å². The van der Waals surface area contributed by atoms with Crippen molar-refractivity contribution in [3.8, 4) is 0 Å². The topological polar surface area (TPSA) is 38.9 Å². The van der Waals surface area contributed by atoms with Gasteiger partial charge < -0.3 is 4.42 Å². The van der Waals surface area contributed by atoms with Crippen LogP contribution in [0.15, 0.2) is 4.42 Å². The van der Waals surface area contributed by atoms with Crippen LogP contribution in [0.3, 0.4) is 0 Å². The highest BCUT2D eigenvalue weighted by Gasteiger charge is 2.54. The van der Waals surface area contributed by atoms with Gasteiger partial charge in [0, 0.05) is 5.92 Å². The molecule has 0 N–H and O–H groups in total. The Kier molecular flexibility index (Phi) is 2.78. The maximum atomic E-state index is 5.78. The monoisotopic (exact) mass is 284 g/mol. The summed E-state index contributed by atoms with van der Waals surface area (Å²) in [6.45, 7) is 2.11. The number of hydrogen-bond donors (Lipinski definition) is 0. The zero-order valence-electron chi connectivity index (χ0n) is 9.53. The van der Waals surface area contributed by atoms with Crippen LogP contribution in [-0.2, 0) is 0 Å². The maximum absolute atomic E-state index is 5.78. The van der Waals surface area contributed by atoms with Gasteiger partial charge in [-0.2, -0.15) is 0 Å². The van der Waals surface area contributed by atoms with Gasteiger partial charge in [-0.3, -0.25) is 0 Å². The van der Waals surface area contributed by atoms with E-state index >= 15 is 0 Å². The number of fused-ring (bicyclic) bond motifs is 1. The Labute approximate surface area is 104 Å². The summed E-state index contributed by atoms with van der Waals surface area (Å²) in [6, 6.07) is 0. The SMILES string of the molecule is CCC(Br)c1nnc(C2C3CCCCC32)o1. The van der Waals surface area contributed by atoms with Crippen molar-refractivity contribution in [1.29, 1.82) is 0 Å². The number of aromatic nitrogens is 2. The van der Waals surface area contributed by atoms with Crippen LogP contribution in [0.1, 0.15) is 61.6 Å². The highest BCUT2D eigenvalue weighted by Crippen LogP contribution is 2.60. The number of halogens is 1. The van der Waals surface area contributed by atoms with Gasteiger partial charge in [-0.05, 0) is 31.1 Å². The minimum Gasteiger partial charge on any atom is -0.424 e. The molecule has 3 unspecified atom stereocenters. The minimum absolute atomic E-state index is 0.217. The van der Waals surface area contributed by atoms with Crippen LogP contribution in [0.5, 0.6) is 0 Å². The van der Waals surface area contributed by atoms with Crippen molar-refractivity contribution in [2.24, 2.45) is 11.8 Å². The van der Waals surface area contributed by atoms with Crippen LogP contribution >= 0.6 is 15.9 Å². The molecule has 2 aliphatic carbocycles. The van der Waals surface area contributed by atoms with Crippen molar-refractivity contribution in [2.45, 2.75) is 49.8 Å². The number of rotatable bonds is 3. The van der Waals surface area contributed by atoms with Gasteiger partial charge in [-0.25, -0.2) is 0 Å². The zero-order valence-corrected chi connectivity index (χ0v) is 11.1. The predicted molar refractivity (Wildman–Crippen MR) is 64.4 cm³/mol. The average molecular weight is 285 g/mol. The van der Waals surface area contributed by atoms with Gasteiger partial charge in [0.2, 0.25) is 11.8 Å². The van der Waals surface area contributed by atoms with E-state index in [1.807, 2.05) is 0 Å². The molecule has 0 spiro atoms. The molecule has 4 heteroatoms. The summed E-state index contributed by atoms with van der Waals surface area (Å²) in [6.07, 6.45) is 6.47. The minimum atomic E-state index is 0.217. The van der Waals surface area contributed by atoms with E-state index in [-0.39, 0.29) is 4.83 Å². The predicted octanol–water partition coefficient (Wildman–Crippen LogP) is 3.82. The highest BCUT2D eigenvalue weighted by atomic mass is 79.9. The van der Waals surface area contributed by atoms with Crippen LogP contribution in [-0.4, -0.2) is 10.2 Å². The fourth-order valence-corrected chi connectivity index (χ4v) is 3.23. The second kappa shape index (κ2) is 4.13. The Hall–Kier alpha value is -0.380. The summed E-state index contributed by atoms with van der Waals surface area (Å²) < 4.78 is 5.78. The fourth-order valence-electron chi connectivity index (χ4n) is 3.04. The van der Waals surface area contributed by atoms with Crippen LogP contribution in [0.4, 0.5) is 0 Å². The molecule has 1 aromatic rings. The first kappa shape index (κ1) is 10.8. The fraction of sp³-hybridized carbons (Fsp3) is 0.833. The van der Waals surface area contributed by atoms with Crippen molar-refractivity contribution in [3.63, 3.8) is 0 Å². The van der Waals surface area contributed by atoms with E-state index in [2.05, 4.69) is 33.1 Å². The Morgan fingerprint density at radius 3 is 2.62 bits per heavy atom. The van der Waals surface area contributed by atoms with E-state index < -0.39 is 0 Å². The third kappa shape index (κ3) is 1.71. The number of hydrogen-bond acceptors (Lipinski definition) is 3. The molecule has 0 radical (unpaired) electrons. The second-order valence-corrected chi connectivity index (χ2v) is 6.10. The molecule has 1 heterocycles. The lowest BCUT2D eigenvalue weighted by Crippen LogP contribution is -1.91. The molecule has 88 valence electrons. The van der Waals surface area contributed by atoms with Crippen molar-refractivity contribution in [3.05, 3.63) is 11.8 Å². The van der Waals surface area contributed by atoms with Gasteiger partial charge in [0.05, 0.1) is 4.83 Å². The van der Waals surface area contributed by atoms with Gasteiger partial charge in [-0.1, -0.05) is 35.7 Å². The van der Waals surface area contributed by atoms with E-state index in [9.17, 15) is 0 Å². The molecule has 3 atom stereocenters. The molecule has 0 aliphatic heterocycles. The average Bonchev–Trinajstić information content (AvgIpc) is 2.86. The molecule has 2 aliphatic rings. The van der Waals surface area contributed by atoms with Crippen molar-refractivity contribution in [1.82, 2.24) is 10.2 Å². The molecule has 0 saturated heterocycles. The molecular weight excluding hydrogens is 268 g/mol. The molecule has 1 aromatic heterocycles. The zero-order chi connectivity index (χ0) is 11.1. The van der Waals surface area contributed by atoms with Crippen LogP contribution in [0, 0.1) is 11.8 Å². The van der Waals surface area contributed by atoms with Crippen molar-refractivity contribution in [2.75, 3.05) is 0 Å². The first-order chi connectivity index (χ1) is 7.81. The molecule has 0 amide bonds. The van der Waals surface area contributed by atoms with Crippen LogP contribution < -0.4 is 0 Å². The molecular formula is C12H17BrN2O. The molecule has 2 saturated carbocycles. The Morgan fingerprint density at radius 2 is 2.00 bits per heavy atom. The third-order valence-electron chi connectivity index (χ3n) is 4.02. The summed E-state index contributed by atoms with van der Waals surface area (Å²) in [4.78, 5) is 0.217. The summed E-state index contributed by atoms with van der Waals surface area (Å²) in [7, 11) is 0. The second-order valence-electron chi connectivity index (χ2n) is 4.99. The summed E-state index contributed by atoms with van der Waals surface area (Å²) in [5.41, 5.74) is 0. The molecule has 2 fully saturated rings. The van der Waals surface area contributed by atoms with Crippen LogP contribution in [0.25, 0.3) is 0 Å². The van der Waals surface area contributed by atoms with E-state index in [1.165, 1.54) is 25.7 Å². The lowest BCUT2D eigenvalue weighted by Gasteiger charge is -2.04. The smallest absolute Gasteiger partial charge is 0.230 e. The first-order valence-electron chi connectivity index (χ1n) is 6.28. The van der Waals surface area contributed by atoms with E-state index in [4.69, 9.17) is 4.42 Å². The molecule has 3 rings (SSSR count). The van der Waals surface area contributed by atoms with Gasteiger partial charge in [-0.15, -0.1) is 10.2 Å². The normalized spacial score (nSPS) is 34.5. The van der Waals surface area contributed by atoms with Gasteiger partial charge >= 0.3 is 0 Å². The summed E-state index contributed by atoms with van der Waals surface area (Å²) in [5.74, 6) is 3.92. The summed E-state index contributed by atoms with van der Waals surface area (Å²) in [5, 5.41) is 8.37. The highest BCUT2D eigenvalue weighted by molar-refractivity contribution is 9.09. The Balaban J connectivity index is 1.74. The third-order valence-corrected chi connectivity index (χ3v) is 5.06. The quantitative estimate of drug-likeness (QED) is 0.792. The van der Waals surface area contributed by atoms with E-state index in [1.54, 1.807) is 0 Å². The Morgan fingerprint density at radius 1 is 1.31 bits per heavy atom. The maximum Gasteiger partial charge on any atom is 0.230 e. The largest absolute Gasteiger partial charge is 0.424 e. The van der Waals surface area contributed by atoms with Crippen LogP contribution in [0.2, 0.25) is 0 Å².